The highest BCUT2D eigenvalue weighted by Gasteiger charge is 2.35. The molecule has 2 rings (SSSR count). The van der Waals surface area contributed by atoms with Crippen LogP contribution >= 0.6 is 0 Å². The second kappa shape index (κ2) is 6.74. The lowest BCUT2D eigenvalue weighted by Gasteiger charge is -2.46. The third-order valence-electron chi connectivity index (χ3n) is 5.44. The van der Waals surface area contributed by atoms with Crippen LogP contribution in [0.2, 0.25) is 0 Å². The van der Waals surface area contributed by atoms with Crippen LogP contribution in [0.3, 0.4) is 0 Å². The number of nitrogens with zero attached hydrogens (tertiary/aromatic N) is 3. The van der Waals surface area contributed by atoms with Crippen LogP contribution in [0, 0.1) is 5.92 Å². The number of piperidine rings is 1. The van der Waals surface area contributed by atoms with E-state index in [1.165, 1.54) is 0 Å². The molecular weight excluding hydrogens is 277 g/mol. The van der Waals surface area contributed by atoms with E-state index in [-0.39, 0.29) is 17.0 Å². The summed E-state index contributed by atoms with van der Waals surface area (Å²) in [5, 5.41) is 0. The van der Waals surface area contributed by atoms with Crippen LogP contribution < -0.4 is 0 Å². The van der Waals surface area contributed by atoms with Crippen LogP contribution in [0.1, 0.15) is 48.0 Å². The molecule has 0 amide bonds. The predicted molar refractivity (Wildman–Crippen MR) is 92.1 cm³/mol. The normalized spacial score (nSPS) is 30.7. The van der Waals surface area contributed by atoms with E-state index in [1.807, 2.05) is 0 Å². The maximum atomic E-state index is 14.6. The number of piperazine rings is 1. The highest BCUT2D eigenvalue weighted by atomic mass is 19.1. The average molecular weight is 314 g/mol. The molecule has 4 heteroatoms. The first-order valence-corrected chi connectivity index (χ1v) is 8.94. The molecule has 0 radical (unpaired) electrons. The van der Waals surface area contributed by atoms with Gasteiger partial charge in [-0.15, -0.1) is 0 Å². The summed E-state index contributed by atoms with van der Waals surface area (Å²) < 4.78 is 14.6. The Labute approximate surface area is 136 Å². The molecular formula is C18H36FN3. The van der Waals surface area contributed by atoms with Gasteiger partial charge in [0.25, 0.3) is 0 Å². The van der Waals surface area contributed by atoms with Crippen molar-refractivity contribution in [3.63, 3.8) is 0 Å². The third-order valence-corrected chi connectivity index (χ3v) is 5.44. The van der Waals surface area contributed by atoms with Gasteiger partial charge in [0.2, 0.25) is 0 Å². The monoisotopic (exact) mass is 313 g/mol. The van der Waals surface area contributed by atoms with Gasteiger partial charge in [-0.05, 0) is 54.5 Å². The van der Waals surface area contributed by atoms with E-state index < -0.39 is 6.17 Å². The summed E-state index contributed by atoms with van der Waals surface area (Å²) >= 11 is 0. The van der Waals surface area contributed by atoms with Gasteiger partial charge < -0.3 is 4.90 Å². The van der Waals surface area contributed by atoms with Crippen LogP contribution in [0.5, 0.6) is 0 Å². The highest BCUT2D eigenvalue weighted by molar-refractivity contribution is 4.89. The second-order valence-electron chi connectivity index (χ2n) is 9.14. The summed E-state index contributed by atoms with van der Waals surface area (Å²) in [5.74, 6) is 0.222. The minimum absolute atomic E-state index is 0.0909. The van der Waals surface area contributed by atoms with Crippen LogP contribution in [0.25, 0.3) is 0 Å². The molecule has 130 valence electrons. The van der Waals surface area contributed by atoms with Crippen molar-refractivity contribution >= 4 is 0 Å². The van der Waals surface area contributed by atoms with Gasteiger partial charge in [-0.3, -0.25) is 9.80 Å². The van der Waals surface area contributed by atoms with Crippen molar-refractivity contribution in [2.75, 3.05) is 45.8 Å². The maximum Gasteiger partial charge on any atom is 0.117 e. The molecule has 0 aromatic carbocycles. The summed E-state index contributed by atoms with van der Waals surface area (Å²) in [6.07, 6.45) is 0.325. The van der Waals surface area contributed by atoms with Gasteiger partial charge in [0.15, 0.2) is 0 Å². The summed E-state index contributed by atoms with van der Waals surface area (Å²) in [6, 6.07) is 0. The Bertz CT molecular complexity index is 350. The van der Waals surface area contributed by atoms with E-state index in [2.05, 4.69) is 56.2 Å². The number of hydrogen-bond acceptors (Lipinski definition) is 3. The molecule has 0 aliphatic carbocycles. The molecule has 2 aliphatic rings. The van der Waals surface area contributed by atoms with Gasteiger partial charge in [0.1, 0.15) is 6.17 Å². The predicted octanol–water partition coefficient (Wildman–Crippen LogP) is 2.86. The molecule has 0 saturated carbocycles. The zero-order valence-corrected chi connectivity index (χ0v) is 15.5. The van der Waals surface area contributed by atoms with Gasteiger partial charge in [-0.25, -0.2) is 4.39 Å². The lowest BCUT2D eigenvalue weighted by atomic mass is 9.91. The summed E-state index contributed by atoms with van der Waals surface area (Å²) in [5.41, 5.74) is 0.348. The Kier molecular flexibility index (Phi) is 5.56. The molecule has 2 heterocycles. The number of rotatable bonds is 2. The number of alkyl halides is 1. The molecule has 2 fully saturated rings. The van der Waals surface area contributed by atoms with Gasteiger partial charge in [-0.1, -0.05) is 0 Å². The summed E-state index contributed by atoms with van der Waals surface area (Å²) in [4.78, 5) is 7.32. The fraction of sp³-hybridized carbons (Fsp3) is 1.00. The van der Waals surface area contributed by atoms with Gasteiger partial charge in [0.05, 0.1) is 0 Å². The smallest absolute Gasteiger partial charge is 0.117 e. The standard InChI is InChI=1S/C18H36FN3/c1-17(2,3)21-11-9-20(10-12-21)13-15-7-8-22(14-16(15)19)18(4,5)6/h15-16H,7-14H2,1-6H3. The third kappa shape index (κ3) is 4.65. The Balaban J connectivity index is 1.79. The minimum Gasteiger partial charge on any atom is -0.300 e. The number of likely N-dealkylation sites (tertiary alicyclic amines) is 1. The van der Waals surface area contributed by atoms with Crippen molar-refractivity contribution in [3.05, 3.63) is 0 Å². The van der Waals surface area contributed by atoms with Gasteiger partial charge >= 0.3 is 0 Å². The van der Waals surface area contributed by atoms with Crippen molar-refractivity contribution in [1.82, 2.24) is 14.7 Å². The molecule has 0 aromatic heterocycles. The molecule has 0 bridgehead atoms. The lowest BCUT2D eigenvalue weighted by Crippen LogP contribution is -2.56. The quantitative estimate of drug-likeness (QED) is 0.776. The summed E-state index contributed by atoms with van der Waals surface area (Å²) in [6.45, 7) is 20.4. The molecule has 2 aliphatic heterocycles. The van der Waals surface area contributed by atoms with E-state index in [1.54, 1.807) is 0 Å². The summed E-state index contributed by atoms with van der Waals surface area (Å²) in [7, 11) is 0. The largest absolute Gasteiger partial charge is 0.300 e. The van der Waals surface area contributed by atoms with Crippen molar-refractivity contribution in [2.24, 2.45) is 5.92 Å². The fourth-order valence-electron chi connectivity index (χ4n) is 3.70. The molecule has 0 N–H and O–H groups in total. The van der Waals surface area contributed by atoms with E-state index in [4.69, 9.17) is 0 Å². The minimum atomic E-state index is -0.673. The van der Waals surface area contributed by atoms with Gasteiger partial charge in [0, 0.05) is 56.3 Å². The highest BCUT2D eigenvalue weighted by Crippen LogP contribution is 2.27. The Morgan fingerprint density at radius 1 is 0.818 bits per heavy atom. The zero-order valence-electron chi connectivity index (χ0n) is 15.5. The van der Waals surface area contributed by atoms with Crippen molar-refractivity contribution in [2.45, 2.75) is 65.2 Å². The van der Waals surface area contributed by atoms with E-state index in [0.717, 1.165) is 45.7 Å². The van der Waals surface area contributed by atoms with Crippen LogP contribution in [-0.2, 0) is 0 Å². The molecule has 0 aromatic rings. The van der Waals surface area contributed by atoms with Crippen molar-refractivity contribution < 1.29 is 4.39 Å². The first kappa shape index (κ1) is 18.2. The maximum absolute atomic E-state index is 14.6. The van der Waals surface area contributed by atoms with Crippen LogP contribution in [0.4, 0.5) is 4.39 Å². The van der Waals surface area contributed by atoms with Crippen molar-refractivity contribution in [3.8, 4) is 0 Å². The number of hydrogen-bond donors (Lipinski definition) is 0. The molecule has 2 atom stereocenters. The lowest BCUT2D eigenvalue weighted by molar-refractivity contribution is 0.00146. The van der Waals surface area contributed by atoms with E-state index in [0.29, 0.717) is 6.54 Å². The van der Waals surface area contributed by atoms with E-state index >= 15 is 0 Å². The molecule has 2 saturated heterocycles. The first-order chi connectivity index (χ1) is 10.1. The van der Waals surface area contributed by atoms with E-state index in [9.17, 15) is 4.39 Å². The van der Waals surface area contributed by atoms with Gasteiger partial charge in [-0.2, -0.15) is 0 Å². The molecule has 3 nitrogen and oxygen atoms in total. The molecule has 0 spiro atoms. The Morgan fingerprint density at radius 2 is 1.36 bits per heavy atom. The topological polar surface area (TPSA) is 9.72 Å². The van der Waals surface area contributed by atoms with Crippen LogP contribution in [0.15, 0.2) is 0 Å². The molecule has 22 heavy (non-hydrogen) atoms. The number of halogens is 1. The Hall–Kier alpha value is -0.190. The first-order valence-electron chi connectivity index (χ1n) is 8.94. The van der Waals surface area contributed by atoms with Crippen LogP contribution in [-0.4, -0.2) is 77.8 Å². The average Bonchev–Trinajstić information content (AvgIpc) is 2.39. The second-order valence-corrected chi connectivity index (χ2v) is 9.14. The zero-order chi connectivity index (χ0) is 16.5. The molecule has 2 unspecified atom stereocenters. The van der Waals surface area contributed by atoms with Crippen molar-refractivity contribution in [1.29, 1.82) is 0 Å². The fourth-order valence-corrected chi connectivity index (χ4v) is 3.70. The Morgan fingerprint density at radius 3 is 1.82 bits per heavy atom. The SMILES string of the molecule is CC(C)(C)N1CCN(CC2CCN(C(C)(C)C)CC2F)CC1.